The van der Waals surface area contributed by atoms with Crippen molar-refractivity contribution in [3.05, 3.63) is 466 Å². The Morgan fingerprint density at radius 1 is 0.318 bits per heavy atom. The van der Waals surface area contributed by atoms with E-state index in [4.69, 9.17) is 13.8 Å². The lowest BCUT2D eigenvalue weighted by molar-refractivity contribution is 0.533. The number of hydrogen-bond acceptors (Lipinski definition) is 12. The van der Waals surface area contributed by atoms with Gasteiger partial charge >= 0.3 is 0 Å². The summed E-state index contributed by atoms with van der Waals surface area (Å²) in [5.41, 5.74) is 21.6. The molecule has 0 aliphatic rings. The van der Waals surface area contributed by atoms with Crippen molar-refractivity contribution in [2.75, 3.05) is 0 Å². The van der Waals surface area contributed by atoms with Crippen LogP contribution in [0, 0.1) is 55.4 Å². The first-order valence-electron chi connectivity index (χ1n) is 43.6. The molecule has 0 saturated heterocycles. The maximum Gasteiger partial charge on any atom is 0.247 e. The smallest absolute Gasteiger partial charge is 0.247 e. The molecular weight excluding hydrogens is 1640 g/mol. The number of aryl methyl sites for hydroxylation is 8. The summed E-state index contributed by atoms with van der Waals surface area (Å²) in [6.07, 6.45) is 15.2. The molecule has 0 saturated carbocycles. The lowest BCUT2D eigenvalue weighted by Gasteiger charge is -2.10. The average molecular weight is 1740 g/mol. The minimum absolute atomic E-state index is 0.577. The van der Waals surface area contributed by atoms with Gasteiger partial charge in [-0.2, -0.15) is 0 Å². The number of hydrogen-bond donors (Lipinski definition) is 0. The lowest BCUT2D eigenvalue weighted by atomic mass is 10.0. The van der Waals surface area contributed by atoms with Gasteiger partial charge in [-0.15, -0.1) is 34.7 Å². The van der Waals surface area contributed by atoms with Gasteiger partial charge in [-0.3, -0.25) is 18.3 Å². The van der Waals surface area contributed by atoms with Crippen LogP contribution in [0.2, 0.25) is 0 Å². The van der Waals surface area contributed by atoms with Crippen molar-refractivity contribution in [3.8, 4) is 34.2 Å². The predicted octanol–water partition coefficient (Wildman–Crippen LogP) is 29.7. The molecule has 8 aromatic heterocycles. The molecule has 0 aliphatic carbocycles. The second kappa shape index (κ2) is 43.2. The Morgan fingerprint density at radius 2 is 0.765 bits per heavy atom. The molecule has 0 atom stereocenters. The number of allylic oxidation sites excluding steroid dienone is 6. The lowest BCUT2D eigenvalue weighted by Crippen LogP contribution is -1.97. The molecule has 8 heterocycles. The zero-order valence-corrected chi connectivity index (χ0v) is 76.4. The molecule has 23 rings (SSSR count). The number of benzene rings is 15. The minimum Gasteiger partial charge on any atom is -0.441 e. The number of rotatable bonds is 11. The first-order valence-corrected chi connectivity index (χ1v) is 44.4. The van der Waals surface area contributed by atoms with Crippen molar-refractivity contribution in [2.45, 2.75) is 68.9 Å². The van der Waals surface area contributed by atoms with E-state index in [2.05, 4.69) is 315 Å². The third-order valence-electron chi connectivity index (χ3n) is 21.5. The molecular formula is C115H102N14O2S. The summed E-state index contributed by atoms with van der Waals surface area (Å²) in [6, 6.07) is 118. The molecule has 0 spiro atoms. The second-order valence-electron chi connectivity index (χ2n) is 30.9. The molecule has 0 aliphatic heterocycles. The minimum atomic E-state index is 0.577. The van der Waals surface area contributed by atoms with E-state index >= 15 is 0 Å². The Balaban J connectivity index is 0.000000116. The number of nitrogens with zero attached hydrogens (tertiary/aromatic N) is 14. The molecule has 0 bridgehead atoms. The zero-order valence-electron chi connectivity index (χ0n) is 75.5. The second-order valence-corrected chi connectivity index (χ2v) is 32.1. The summed E-state index contributed by atoms with van der Waals surface area (Å²) in [5.74, 6) is 6.95. The van der Waals surface area contributed by atoms with E-state index in [-0.39, 0.29) is 0 Å². The van der Waals surface area contributed by atoms with E-state index in [0.29, 0.717) is 11.8 Å². The van der Waals surface area contributed by atoms with Gasteiger partial charge < -0.3 is 13.4 Å². The molecule has 23 aromatic rings. The number of thiazole rings is 1. The van der Waals surface area contributed by atoms with Gasteiger partial charge in [-0.05, 0) is 226 Å². The van der Waals surface area contributed by atoms with Crippen LogP contribution in [0.1, 0.15) is 64.0 Å². The van der Waals surface area contributed by atoms with Crippen molar-refractivity contribution in [1.29, 1.82) is 0 Å². The molecule has 0 N–H and O–H groups in total. The quantitative estimate of drug-likeness (QED) is 0.0893. The van der Waals surface area contributed by atoms with Gasteiger partial charge in [-0.1, -0.05) is 268 Å². The fraction of sp³-hybridized carbons (Fsp3) is 0.0870. The van der Waals surface area contributed by atoms with Crippen molar-refractivity contribution in [3.63, 3.8) is 0 Å². The van der Waals surface area contributed by atoms with Crippen LogP contribution in [0.4, 0.5) is 0 Å². The van der Waals surface area contributed by atoms with Crippen LogP contribution in [0.15, 0.2) is 417 Å². The summed E-state index contributed by atoms with van der Waals surface area (Å²) >= 11 is 1.74. The van der Waals surface area contributed by atoms with E-state index in [1.807, 2.05) is 205 Å². The van der Waals surface area contributed by atoms with Crippen molar-refractivity contribution < 1.29 is 8.83 Å². The van der Waals surface area contributed by atoms with Crippen LogP contribution >= 0.6 is 11.3 Å². The average Bonchev–Trinajstić information content (AvgIpc) is 1.53. The Kier molecular flexibility index (Phi) is 29.5. The van der Waals surface area contributed by atoms with E-state index < -0.39 is 0 Å². The maximum atomic E-state index is 5.26. The normalized spacial score (nSPS) is 10.9. The summed E-state index contributed by atoms with van der Waals surface area (Å²) in [5, 5.41) is 16.3. The van der Waals surface area contributed by atoms with Gasteiger partial charge in [0.2, 0.25) is 11.8 Å². The fourth-order valence-electron chi connectivity index (χ4n) is 15.8. The summed E-state index contributed by atoms with van der Waals surface area (Å²) < 4.78 is 22.8. The van der Waals surface area contributed by atoms with E-state index in [9.17, 15) is 0 Å². The molecule has 132 heavy (non-hydrogen) atoms. The highest BCUT2D eigenvalue weighted by Crippen LogP contribution is 2.32. The standard InChI is InChI=1S/C22H20N2.2C18H14N2.C15H14N2.C14H12N2.C9H8N2O.C8H7NO.C8H7NS.C3H6/c1-4-6-11-18-15-21-22(16-19(18)12-7-5-2)24(17(3)23-21)20-13-9-8-10-14-20;1-13-19-16-10-4-5-11-18(16)20(13)17-12-6-8-14-7-2-3-9-15(14)17;1-13-19-17-8-4-5-9-18(17)20(13)16-11-10-14-6-2-3-7-15(14)12-16;1-3-8-17-11(2)16-14-9-12-6-4-5-7-13(12)10-15(14)17;1-11-15-13-9-5-6-10-14(13)16(11)12-7-3-2-4-8-12;1-7-10-11-9(12-7)8-5-3-2-4-6-8;2*1-6-9-7-4-2-3-5-8(7)10-6;1-3-2/h4-16H,1-2H2,3H3;2*2-12H,1H3;3-7,9-10H,1,8H2,2H3;2-10H,1H3;2-6H,1H3;2*2-5H,1H3;3H,1H2,2H3/b11-6-,12-7-;;;;;;;;. The van der Waals surface area contributed by atoms with Crippen LogP contribution in [-0.4, -0.2) is 67.9 Å². The van der Waals surface area contributed by atoms with Crippen LogP contribution < -0.4 is 0 Å². The third kappa shape index (κ3) is 21.4. The van der Waals surface area contributed by atoms with Gasteiger partial charge in [0.25, 0.3) is 0 Å². The molecule has 15 aromatic carbocycles. The van der Waals surface area contributed by atoms with Crippen LogP contribution in [-0.2, 0) is 6.54 Å². The fourth-order valence-corrected chi connectivity index (χ4v) is 16.6. The highest BCUT2D eigenvalue weighted by Gasteiger charge is 2.16. The van der Waals surface area contributed by atoms with E-state index in [1.54, 1.807) is 36.5 Å². The monoisotopic (exact) mass is 1740 g/mol. The van der Waals surface area contributed by atoms with Gasteiger partial charge in [0.05, 0.1) is 76.1 Å². The third-order valence-corrected chi connectivity index (χ3v) is 22.5. The van der Waals surface area contributed by atoms with E-state index in [1.165, 1.54) is 48.2 Å². The Morgan fingerprint density at radius 3 is 1.33 bits per heavy atom. The van der Waals surface area contributed by atoms with Gasteiger partial charge in [0, 0.05) is 48.4 Å². The number of aromatic nitrogens is 14. The summed E-state index contributed by atoms with van der Waals surface area (Å²) in [6.45, 7) is 33.2. The van der Waals surface area contributed by atoms with Crippen molar-refractivity contribution in [1.82, 2.24) is 67.9 Å². The molecule has 650 valence electrons. The molecule has 0 unspecified atom stereocenters. The number of imidazole rings is 5. The maximum absolute atomic E-state index is 5.26. The molecule has 16 nitrogen and oxygen atoms in total. The Bertz CT molecular complexity index is 7820. The van der Waals surface area contributed by atoms with Crippen LogP contribution in [0.25, 0.3) is 155 Å². The van der Waals surface area contributed by atoms with Crippen LogP contribution in [0.5, 0.6) is 0 Å². The first kappa shape index (κ1) is 90.2. The van der Waals surface area contributed by atoms with Gasteiger partial charge in [0.15, 0.2) is 11.5 Å². The van der Waals surface area contributed by atoms with Crippen molar-refractivity contribution in [2.24, 2.45) is 0 Å². The molecule has 17 heteroatoms. The topological polar surface area (TPSA) is 167 Å². The largest absolute Gasteiger partial charge is 0.441 e. The molecule has 0 radical (unpaired) electrons. The van der Waals surface area contributed by atoms with Crippen LogP contribution in [0.3, 0.4) is 0 Å². The SMILES string of the molecule is C=C/C=C\c1cc2nc(C)n(-c3ccccc3)c2cc1/C=C\C=C.C=CC.C=CCn1c(C)nc2cc3ccccc3cc21.Cc1nc2ccccc2n1-c1ccc2ccccc2c1.Cc1nc2ccccc2n1-c1cccc2ccccc12.Cc1nc2ccccc2n1-c1ccccc1.Cc1nc2ccccc2o1.Cc1nc2ccccc2s1.Cc1nnc(-c2ccccc2)o1. The Labute approximate surface area is 772 Å². The zero-order chi connectivity index (χ0) is 91.8. The van der Waals surface area contributed by atoms with Crippen molar-refractivity contribution >= 4 is 132 Å². The predicted molar refractivity (Wildman–Crippen MR) is 552 cm³/mol. The van der Waals surface area contributed by atoms with Gasteiger partial charge in [0.1, 0.15) is 34.6 Å². The Hall–Kier alpha value is -16.6. The first-order chi connectivity index (χ1) is 64.6. The van der Waals surface area contributed by atoms with Gasteiger partial charge in [-0.25, -0.2) is 34.9 Å². The molecule has 0 fully saturated rings. The van der Waals surface area contributed by atoms with E-state index in [0.717, 1.165) is 147 Å². The highest BCUT2D eigenvalue weighted by atomic mass is 32.1. The number of fused-ring (bicyclic) bond motifs is 10. The summed E-state index contributed by atoms with van der Waals surface area (Å²) in [4.78, 5) is 31.7. The summed E-state index contributed by atoms with van der Waals surface area (Å²) in [7, 11) is 0. The highest BCUT2D eigenvalue weighted by molar-refractivity contribution is 7.18. The number of para-hydroxylation sites is 11. The molecule has 0 amide bonds. The number of oxazole rings is 1.